The number of para-hydroxylation sites is 1. The monoisotopic (exact) mass is 280 g/mol. The molecule has 0 aliphatic carbocycles. The van der Waals surface area contributed by atoms with Crippen molar-refractivity contribution >= 4 is 16.6 Å². The molecule has 5 heteroatoms. The number of hydrogen-bond donors (Lipinski definition) is 1. The number of hydrogen-bond acceptors (Lipinski definition) is 3. The first-order chi connectivity index (χ1) is 10.1. The van der Waals surface area contributed by atoms with Crippen LogP contribution in [0.1, 0.15) is 5.56 Å². The third-order valence-electron chi connectivity index (χ3n) is 3.42. The molecule has 2 aromatic carbocycles. The lowest BCUT2D eigenvalue weighted by molar-refractivity contribution is -0.383. The van der Waals surface area contributed by atoms with Crippen LogP contribution in [0.5, 0.6) is 0 Å². The minimum atomic E-state index is -0.489. The molecule has 0 bridgehead atoms. The molecule has 1 aromatic heterocycles. The van der Waals surface area contributed by atoms with E-state index in [-0.39, 0.29) is 16.8 Å². The Morgan fingerprint density at radius 1 is 1.10 bits per heavy atom. The van der Waals surface area contributed by atoms with Crippen LogP contribution in [0.25, 0.3) is 22.0 Å². The van der Waals surface area contributed by atoms with Gasteiger partial charge in [-0.3, -0.25) is 14.9 Å². The molecule has 0 atom stereocenters. The number of nitro groups is 1. The van der Waals surface area contributed by atoms with E-state index in [0.717, 1.165) is 11.1 Å². The molecule has 3 aromatic rings. The normalized spacial score (nSPS) is 10.7. The van der Waals surface area contributed by atoms with Crippen molar-refractivity contribution in [2.24, 2.45) is 0 Å². The number of nitrogens with one attached hydrogen (secondary N) is 1. The Morgan fingerprint density at radius 3 is 2.48 bits per heavy atom. The highest BCUT2D eigenvalue weighted by atomic mass is 16.6. The van der Waals surface area contributed by atoms with Gasteiger partial charge in [0, 0.05) is 17.5 Å². The summed E-state index contributed by atoms with van der Waals surface area (Å²) < 4.78 is 0. The zero-order valence-corrected chi connectivity index (χ0v) is 11.3. The average molecular weight is 280 g/mol. The molecule has 21 heavy (non-hydrogen) atoms. The van der Waals surface area contributed by atoms with Crippen LogP contribution in [0.4, 0.5) is 5.69 Å². The molecule has 0 unspecified atom stereocenters. The second-order valence-electron chi connectivity index (χ2n) is 4.87. The predicted octanol–water partition coefficient (Wildman–Crippen LogP) is 3.41. The average Bonchev–Trinajstić information content (AvgIpc) is 2.46. The highest BCUT2D eigenvalue weighted by molar-refractivity contribution is 5.98. The van der Waals surface area contributed by atoms with E-state index in [1.807, 2.05) is 31.2 Å². The Balaban J connectivity index is 2.38. The third-order valence-corrected chi connectivity index (χ3v) is 3.42. The molecule has 3 rings (SSSR count). The minimum absolute atomic E-state index is 0.0986. The number of nitrogens with zero attached hydrogens (tertiary/aromatic N) is 1. The van der Waals surface area contributed by atoms with Crippen LogP contribution >= 0.6 is 0 Å². The topological polar surface area (TPSA) is 76.0 Å². The van der Waals surface area contributed by atoms with Crippen molar-refractivity contribution in [2.75, 3.05) is 0 Å². The summed E-state index contributed by atoms with van der Waals surface area (Å²) in [6.45, 7) is 1.98. The molecule has 104 valence electrons. The molecule has 0 saturated heterocycles. The molecular formula is C16H12N2O3. The maximum Gasteiger partial charge on any atom is 0.293 e. The number of pyridine rings is 1. The second-order valence-corrected chi connectivity index (χ2v) is 4.87. The summed E-state index contributed by atoms with van der Waals surface area (Å²) in [6.07, 6.45) is 0. The van der Waals surface area contributed by atoms with Crippen molar-refractivity contribution in [1.29, 1.82) is 0 Å². The zero-order chi connectivity index (χ0) is 15.0. The summed E-state index contributed by atoms with van der Waals surface area (Å²) in [4.78, 5) is 25.0. The van der Waals surface area contributed by atoms with Gasteiger partial charge in [0.05, 0.1) is 4.92 Å². The van der Waals surface area contributed by atoms with Crippen LogP contribution in [-0.4, -0.2) is 9.91 Å². The van der Waals surface area contributed by atoms with Crippen LogP contribution in [0.2, 0.25) is 0 Å². The van der Waals surface area contributed by atoms with Crippen LogP contribution in [-0.2, 0) is 0 Å². The molecule has 0 saturated carbocycles. The van der Waals surface area contributed by atoms with Crippen molar-refractivity contribution in [3.63, 3.8) is 0 Å². The Bertz CT molecular complexity index is 896. The van der Waals surface area contributed by atoms with E-state index in [2.05, 4.69) is 4.98 Å². The molecule has 0 fully saturated rings. The van der Waals surface area contributed by atoms with Crippen molar-refractivity contribution in [1.82, 2.24) is 4.98 Å². The van der Waals surface area contributed by atoms with Gasteiger partial charge in [-0.2, -0.15) is 0 Å². The lowest BCUT2D eigenvalue weighted by Crippen LogP contribution is -2.06. The van der Waals surface area contributed by atoms with E-state index in [4.69, 9.17) is 0 Å². The minimum Gasteiger partial charge on any atom is -0.316 e. The number of H-pyrrole nitrogens is 1. The first kappa shape index (κ1) is 13.1. The molecule has 0 aliphatic rings. The van der Waals surface area contributed by atoms with Crippen LogP contribution in [0.3, 0.4) is 0 Å². The van der Waals surface area contributed by atoms with Gasteiger partial charge in [-0.1, -0.05) is 42.0 Å². The summed E-state index contributed by atoms with van der Waals surface area (Å²) >= 11 is 0. The molecule has 0 aliphatic heterocycles. The quantitative estimate of drug-likeness (QED) is 0.577. The summed E-state index contributed by atoms with van der Waals surface area (Å²) in [5.41, 5.74) is 2.46. The lowest BCUT2D eigenvalue weighted by Gasteiger charge is -2.07. The first-order valence-electron chi connectivity index (χ1n) is 6.44. The molecule has 0 radical (unpaired) electrons. The maximum atomic E-state index is 11.8. The summed E-state index contributed by atoms with van der Waals surface area (Å²) in [7, 11) is 0. The fraction of sp³-hybridized carbons (Fsp3) is 0.0625. The van der Waals surface area contributed by atoms with Gasteiger partial charge in [-0.15, -0.1) is 0 Å². The van der Waals surface area contributed by atoms with Gasteiger partial charge in [-0.05, 0) is 18.1 Å². The van der Waals surface area contributed by atoms with E-state index in [1.54, 1.807) is 12.1 Å². The van der Waals surface area contributed by atoms with E-state index >= 15 is 0 Å². The number of aryl methyl sites for hydroxylation is 1. The van der Waals surface area contributed by atoms with Crippen LogP contribution in [0, 0.1) is 17.0 Å². The Kier molecular flexibility index (Phi) is 3.02. The fourth-order valence-corrected chi connectivity index (χ4v) is 2.39. The summed E-state index contributed by atoms with van der Waals surface area (Å²) in [5, 5.41) is 11.8. The van der Waals surface area contributed by atoms with Crippen LogP contribution < -0.4 is 5.56 Å². The predicted molar refractivity (Wildman–Crippen MR) is 81.4 cm³/mol. The number of rotatable bonds is 2. The molecule has 1 N–H and O–H groups in total. The Labute approximate surface area is 120 Å². The number of aromatic amines is 1. The summed E-state index contributed by atoms with van der Waals surface area (Å²) in [5.74, 6) is 0. The standard InChI is InChI=1S/C16H12N2O3/c1-10-5-7-11(8-6-10)13-9-15(19)17-16-12(13)3-2-4-14(16)18(20)21/h2-9H,1H3,(H,17,19). The third kappa shape index (κ3) is 2.29. The van der Waals surface area contributed by atoms with Crippen molar-refractivity contribution in [3.8, 4) is 11.1 Å². The van der Waals surface area contributed by atoms with E-state index in [9.17, 15) is 14.9 Å². The van der Waals surface area contributed by atoms with Gasteiger partial charge < -0.3 is 4.98 Å². The second kappa shape index (κ2) is 4.86. The van der Waals surface area contributed by atoms with Gasteiger partial charge in [-0.25, -0.2) is 0 Å². The van der Waals surface area contributed by atoms with E-state index in [1.165, 1.54) is 12.1 Å². The molecule has 5 nitrogen and oxygen atoms in total. The summed E-state index contributed by atoms with van der Waals surface area (Å²) in [6, 6.07) is 13.9. The number of non-ortho nitro benzene ring substituents is 1. The van der Waals surface area contributed by atoms with E-state index < -0.39 is 4.92 Å². The van der Waals surface area contributed by atoms with E-state index in [0.29, 0.717) is 10.9 Å². The highest BCUT2D eigenvalue weighted by Crippen LogP contribution is 2.30. The van der Waals surface area contributed by atoms with Crippen molar-refractivity contribution < 1.29 is 4.92 Å². The highest BCUT2D eigenvalue weighted by Gasteiger charge is 2.15. The van der Waals surface area contributed by atoms with Crippen molar-refractivity contribution in [3.05, 3.63) is 74.6 Å². The molecule has 1 heterocycles. The largest absolute Gasteiger partial charge is 0.316 e. The number of aromatic nitrogens is 1. The zero-order valence-electron chi connectivity index (χ0n) is 11.3. The Hall–Kier alpha value is -2.95. The Morgan fingerprint density at radius 2 is 1.81 bits per heavy atom. The molecule has 0 spiro atoms. The SMILES string of the molecule is Cc1ccc(-c2cc(=O)[nH]c3c([N+](=O)[O-])cccc23)cc1. The lowest BCUT2D eigenvalue weighted by atomic mass is 10.00. The molecular weight excluding hydrogens is 268 g/mol. The fourth-order valence-electron chi connectivity index (χ4n) is 2.39. The first-order valence-corrected chi connectivity index (χ1v) is 6.44. The van der Waals surface area contributed by atoms with Gasteiger partial charge >= 0.3 is 0 Å². The van der Waals surface area contributed by atoms with Gasteiger partial charge in [0.25, 0.3) is 5.69 Å². The molecule has 0 amide bonds. The smallest absolute Gasteiger partial charge is 0.293 e. The number of benzene rings is 2. The van der Waals surface area contributed by atoms with Gasteiger partial charge in [0.1, 0.15) is 5.52 Å². The van der Waals surface area contributed by atoms with Gasteiger partial charge in [0.2, 0.25) is 5.56 Å². The van der Waals surface area contributed by atoms with Crippen LogP contribution in [0.15, 0.2) is 53.3 Å². The number of nitro benzene ring substituents is 1. The number of fused-ring (bicyclic) bond motifs is 1. The maximum absolute atomic E-state index is 11.8. The van der Waals surface area contributed by atoms with Gasteiger partial charge in [0.15, 0.2) is 0 Å². The van der Waals surface area contributed by atoms with Crippen molar-refractivity contribution in [2.45, 2.75) is 6.92 Å².